The van der Waals surface area contributed by atoms with Crippen molar-refractivity contribution in [1.82, 2.24) is 14.9 Å². The first kappa shape index (κ1) is 27.6. The monoisotopic (exact) mass is 535 g/mol. The van der Waals surface area contributed by atoms with E-state index >= 15 is 0 Å². The number of nitrogens with one attached hydrogen (secondary N) is 2. The van der Waals surface area contributed by atoms with Crippen molar-refractivity contribution in [2.45, 2.75) is 26.2 Å². The fourth-order valence-corrected chi connectivity index (χ4v) is 4.24. The molecule has 1 fully saturated rings. The second-order valence-electron chi connectivity index (χ2n) is 8.16. The molecule has 2 N–H and O–H groups in total. The molecule has 0 saturated carbocycles. The highest BCUT2D eigenvalue weighted by molar-refractivity contribution is 6.34. The predicted molar refractivity (Wildman–Crippen MR) is 145 cm³/mol. The van der Waals surface area contributed by atoms with Gasteiger partial charge in [0.25, 0.3) is 0 Å². The number of benzene rings is 2. The first-order valence-electron chi connectivity index (χ1n) is 11.8. The molecule has 0 aliphatic carbocycles. The van der Waals surface area contributed by atoms with E-state index in [1.165, 1.54) is 25.6 Å². The molecule has 0 atom stereocenters. The van der Waals surface area contributed by atoms with E-state index in [-0.39, 0.29) is 19.0 Å². The van der Waals surface area contributed by atoms with Gasteiger partial charge in [0.1, 0.15) is 18.8 Å². The van der Waals surface area contributed by atoms with Crippen LogP contribution < -0.4 is 20.1 Å². The Labute approximate surface area is 221 Å². The lowest BCUT2D eigenvalue weighted by molar-refractivity contribution is 0.168. The second-order valence-corrected chi connectivity index (χ2v) is 8.57. The number of piperidine rings is 1. The average molecular weight is 536 g/mol. The number of amides is 1. The van der Waals surface area contributed by atoms with Crippen LogP contribution in [0.2, 0.25) is 5.02 Å². The smallest absolute Gasteiger partial charge is 0.411 e. The number of methoxy groups -OCH3 is 1. The first-order chi connectivity index (χ1) is 17.1. The van der Waals surface area contributed by atoms with Gasteiger partial charge in [0.15, 0.2) is 11.5 Å². The second kappa shape index (κ2) is 13.3. The van der Waals surface area contributed by atoms with Gasteiger partial charge in [-0.25, -0.2) is 14.8 Å². The van der Waals surface area contributed by atoms with E-state index in [0.29, 0.717) is 40.3 Å². The average Bonchev–Trinajstić information content (AvgIpc) is 2.86. The van der Waals surface area contributed by atoms with Gasteiger partial charge < -0.3 is 19.5 Å². The van der Waals surface area contributed by atoms with Crippen LogP contribution in [-0.4, -0.2) is 60.9 Å². The Bertz CT molecular complexity index is 1170. The van der Waals surface area contributed by atoms with Crippen LogP contribution in [0.25, 0.3) is 10.9 Å². The largest absolute Gasteiger partial charge is 0.493 e. The van der Waals surface area contributed by atoms with Crippen molar-refractivity contribution in [3.05, 3.63) is 41.7 Å². The molecule has 194 valence electrons. The van der Waals surface area contributed by atoms with Crippen LogP contribution in [0.15, 0.2) is 36.7 Å². The zero-order chi connectivity index (χ0) is 24.6. The Morgan fingerprint density at radius 1 is 1.11 bits per heavy atom. The third kappa shape index (κ3) is 7.02. The van der Waals surface area contributed by atoms with Gasteiger partial charge in [-0.05, 0) is 57.1 Å². The predicted octanol–water partition coefficient (Wildman–Crippen LogP) is 5.89. The van der Waals surface area contributed by atoms with E-state index in [4.69, 9.17) is 25.8 Å². The number of aromatic nitrogens is 2. The summed E-state index contributed by atoms with van der Waals surface area (Å²) in [5, 5.41) is 7.02. The molecule has 11 heteroatoms. The van der Waals surface area contributed by atoms with Gasteiger partial charge in [-0.15, -0.1) is 12.4 Å². The maximum atomic E-state index is 11.7. The van der Waals surface area contributed by atoms with Gasteiger partial charge in [-0.2, -0.15) is 0 Å². The minimum Gasteiger partial charge on any atom is -0.493 e. The van der Waals surface area contributed by atoms with E-state index in [9.17, 15) is 4.79 Å². The Balaban J connectivity index is 0.00000361. The van der Waals surface area contributed by atoms with Gasteiger partial charge in [0, 0.05) is 23.7 Å². The molecule has 1 aliphatic rings. The molecule has 1 saturated heterocycles. The van der Waals surface area contributed by atoms with Crippen LogP contribution >= 0.6 is 24.0 Å². The van der Waals surface area contributed by atoms with Crippen LogP contribution in [0.3, 0.4) is 0 Å². The Hall–Kier alpha value is -3.01. The minimum absolute atomic E-state index is 0. The lowest BCUT2D eigenvalue weighted by atomic mass is 10.1. The summed E-state index contributed by atoms with van der Waals surface area (Å²) in [6, 6.07) is 8.92. The fraction of sp³-hybridized carbons (Fsp3) is 0.400. The first-order valence-corrected chi connectivity index (χ1v) is 12.1. The number of ether oxygens (including phenoxy) is 3. The van der Waals surface area contributed by atoms with E-state index in [1.807, 2.05) is 12.1 Å². The molecular formula is C25H31Cl2N5O4. The zero-order valence-corrected chi connectivity index (χ0v) is 22.0. The highest BCUT2D eigenvalue weighted by Gasteiger charge is 2.14. The Kier molecular flexibility index (Phi) is 10.2. The van der Waals surface area contributed by atoms with E-state index in [0.717, 1.165) is 30.5 Å². The van der Waals surface area contributed by atoms with Crippen molar-refractivity contribution in [2.24, 2.45) is 0 Å². The summed E-state index contributed by atoms with van der Waals surface area (Å²) in [6.07, 6.45) is 4.75. The molecule has 2 aromatic carbocycles. The number of hydrogen-bond donors (Lipinski definition) is 2. The highest BCUT2D eigenvalue weighted by Crippen LogP contribution is 2.35. The summed E-state index contributed by atoms with van der Waals surface area (Å²) in [5.41, 5.74) is 1.88. The molecule has 2 heterocycles. The van der Waals surface area contributed by atoms with E-state index < -0.39 is 6.09 Å². The molecular weight excluding hydrogens is 505 g/mol. The molecule has 0 spiro atoms. The summed E-state index contributed by atoms with van der Waals surface area (Å²) in [4.78, 5) is 22.9. The maximum absolute atomic E-state index is 11.7. The quantitative estimate of drug-likeness (QED) is 0.350. The van der Waals surface area contributed by atoms with Gasteiger partial charge in [-0.3, -0.25) is 10.2 Å². The number of fused-ring (bicyclic) bond motifs is 1. The van der Waals surface area contributed by atoms with Crippen LogP contribution in [0, 0.1) is 0 Å². The van der Waals surface area contributed by atoms with Crippen molar-refractivity contribution >= 4 is 58.2 Å². The molecule has 4 rings (SSSR count). The van der Waals surface area contributed by atoms with Gasteiger partial charge in [0.05, 0.1) is 29.9 Å². The summed E-state index contributed by atoms with van der Waals surface area (Å²) in [6.45, 7) is 5.75. The number of likely N-dealkylation sites (tertiary alicyclic amines) is 1. The van der Waals surface area contributed by atoms with Crippen LogP contribution in [0.1, 0.15) is 26.2 Å². The molecule has 1 aromatic heterocycles. The number of carbonyl (C=O) groups is 1. The summed E-state index contributed by atoms with van der Waals surface area (Å²) in [7, 11) is 1.62. The SMILES string of the molecule is CCOC(=O)Nc1ccc(Nc2ncnc3cc(OCCN4CCCCC4)c(OC)cc23)cc1Cl.Cl. The summed E-state index contributed by atoms with van der Waals surface area (Å²) >= 11 is 6.35. The molecule has 0 unspecified atom stereocenters. The van der Waals surface area contributed by atoms with E-state index in [1.54, 1.807) is 32.2 Å². The topological polar surface area (TPSA) is 97.8 Å². The molecule has 0 bridgehead atoms. The van der Waals surface area contributed by atoms with Crippen molar-refractivity contribution < 1.29 is 19.0 Å². The normalized spacial score (nSPS) is 13.5. The Morgan fingerprint density at radius 3 is 2.64 bits per heavy atom. The molecule has 3 aromatic rings. The van der Waals surface area contributed by atoms with Gasteiger partial charge in [-0.1, -0.05) is 18.0 Å². The van der Waals surface area contributed by atoms with Gasteiger partial charge in [0.2, 0.25) is 0 Å². The highest BCUT2D eigenvalue weighted by atomic mass is 35.5. The number of hydrogen-bond acceptors (Lipinski definition) is 8. The zero-order valence-electron chi connectivity index (χ0n) is 20.4. The number of nitrogens with zero attached hydrogens (tertiary/aromatic N) is 3. The third-order valence-electron chi connectivity index (χ3n) is 5.78. The lowest BCUT2D eigenvalue weighted by Crippen LogP contribution is -2.33. The molecule has 9 nitrogen and oxygen atoms in total. The summed E-state index contributed by atoms with van der Waals surface area (Å²) in [5.74, 6) is 1.86. The number of rotatable bonds is 9. The number of carbonyl (C=O) groups excluding carboxylic acids is 1. The minimum atomic E-state index is -0.557. The van der Waals surface area contributed by atoms with Crippen molar-refractivity contribution in [2.75, 3.05) is 50.6 Å². The third-order valence-corrected chi connectivity index (χ3v) is 6.09. The fourth-order valence-electron chi connectivity index (χ4n) is 4.01. The molecule has 0 radical (unpaired) electrons. The van der Waals surface area contributed by atoms with Crippen molar-refractivity contribution in [1.29, 1.82) is 0 Å². The molecule has 1 aliphatic heterocycles. The lowest BCUT2D eigenvalue weighted by Gasteiger charge is -2.26. The van der Waals surface area contributed by atoms with Crippen molar-refractivity contribution in [3.8, 4) is 11.5 Å². The summed E-state index contributed by atoms with van der Waals surface area (Å²) < 4.78 is 16.6. The van der Waals surface area contributed by atoms with Crippen LogP contribution in [0.4, 0.5) is 22.0 Å². The number of anilines is 3. The number of halogens is 2. The molecule has 1 amide bonds. The standard InChI is InChI=1S/C25H30ClN5O4.ClH/c1-3-34-25(32)30-20-8-7-17(13-19(20)26)29-24-18-14-22(33-2)23(15-21(18)27-16-28-24)35-12-11-31-9-5-4-6-10-31;/h7-8,13-16H,3-6,9-12H2,1-2H3,(H,30,32)(H,27,28,29);1H. The Morgan fingerprint density at radius 2 is 1.92 bits per heavy atom. The maximum Gasteiger partial charge on any atom is 0.411 e. The van der Waals surface area contributed by atoms with Crippen molar-refractivity contribution in [3.63, 3.8) is 0 Å². The van der Waals surface area contributed by atoms with Gasteiger partial charge >= 0.3 is 6.09 Å². The van der Waals surface area contributed by atoms with E-state index in [2.05, 4.69) is 25.5 Å². The van der Waals surface area contributed by atoms with Crippen LogP contribution in [0.5, 0.6) is 11.5 Å². The molecule has 36 heavy (non-hydrogen) atoms. The van der Waals surface area contributed by atoms with Crippen LogP contribution in [-0.2, 0) is 4.74 Å².